The van der Waals surface area contributed by atoms with Crippen LogP contribution in [0.3, 0.4) is 0 Å². The van der Waals surface area contributed by atoms with Crippen LogP contribution in [-0.4, -0.2) is 57.0 Å². The van der Waals surface area contributed by atoms with Gasteiger partial charge in [0.15, 0.2) is 11.3 Å². The van der Waals surface area contributed by atoms with Gasteiger partial charge in [-0.25, -0.2) is 13.2 Å². The SMILES string of the molecule is CCN(c1ccc(C(=O)CN2C(=O)N[C@]3(CCOc4ccccc43)C2=O)cc1)S(C)(=O)=O. The Kier molecular flexibility index (Phi) is 5.41. The number of ketones is 1. The maximum Gasteiger partial charge on any atom is 0.325 e. The van der Waals surface area contributed by atoms with Crippen molar-refractivity contribution in [3.63, 3.8) is 0 Å². The van der Waals surface area contributed by atoms with E-state index in [0.29, 0.717) is 17.0 Å². The van der Waals surface area contributed by atoms with Gasteiger partial charge in [-0.1, -0.05) is 18.2 Å². The molecule has 2 aliphatic heterocycles. The first-order valence-electron chi connectivity index (χ1n) is 10.1. The Morgan fingerprint density at radius 3 is 2.50 bits per heavy atom. The van der Waals surface area contributed by atoms with Crippen LogP contribution in [0.2, 0.25) is 0 Å². The molecule has 2 aromatic carbocycles. The summed E-state index contributed by atoms with van der Waals surface area (Å²) in [7, 11) is -3.44. The Labute approximate surface area is 186 Å². The van der Waals surface area contributed by atoms with Gasteiger partial charge in [0, 0.05) is 24.1 Å². The summed E-state index contributed by atoms with van der Waals surface area (Å²) in [5.74, 6) is -0.389. The lowest BCUT2D eigenvalue weighted by Crippen LogP contribution is -2.47. The van der Waals surface area contributed by atoms with E-state index in [1.165, 1.54) is 28.6 Å². The lowest BCUT2D eigenvalue weighted by Gasteiger charge is -2.33. The average Bonchev–Trinajstić information content (AvgIpc) is 2.99. The van der Waals surface area contributed by atoms with Crippen LogP contribution in [0, 0.1) is 0 Å². The number of benzene rings is 2. The van der Waals surface area contributed by atoms with E-state index in [9.17, 15) is 22.8 Å². The van der Waals surface area contributed by atoms with E-state index in [-0.39, 0.29) is 25.1 Å². The minimum absolute atomic E-state index is 0.252. The fourth-order valence-corrected chi connectivity index (χ4v) is 5.15. The Hall–Kier alpha value is -3.40. The molecule has 4 rings (SSSR count). The molecule has 1 saturated heterocycles. The third kappa shape index (κ3) is 3.60. The summed E-state index contributed by atoms with van der Waals surface area (Å²) in [6.45, 7) is 1.81. The van der Waals surface area contributed by atoms with Crippen LogP contribution in [0.1, 0.15) is 29.3 Å². The topological polar surface area (TPSA) is 113 Å². The van der Waals surface area contributed by atoms with Gasteiger partial charge in [0.25, 0.3) is 5.91 Å². The molecular weight excluding hydrogens is 434 g/mol. The highest BCUT2D eigenvalue weighted by Crippen LogP contribution is 2.41. The number of nitrogens with one attached hydrogen (secondary N) is 1. The number of hydrogen-bond donors (Lipinski definition) is 1. The molecule has 0 unspecified atom stereocenters. The summed E-state index contributed by atoms with van der Waals surface area (Å²) in [5, 5.41) is 2.76. The molecule has 0 aliphatic carbocycles. The van der Waals surface area contributed by atoms with Crippen LogP contribution in [-0.2, 0) is 20.4 Å². The van der Waals surface area contributed by atoms with Crippen LogP contribution in [0.4, 0.5) is 10.5 Å². The Balaban J connectivity index is 1.55. The van der Waals surface area contributed by atoms with Gasteiger partial charge in [-0.3, -0.25) is 18.8 Å². The van der Waals surface area contributed by atoms with Crippen molar-refractivity contribution in [3.8, 4) is 5.75 Å². The number of nitrogens with zero attached hydrogens (tertiary/aromatic N) is 2. The lowest BCUT2D eigenvalue weighted by atomic mass is 9.84. The van der Waals surface area contributed by atoms with Gasteiger partial charge in [-0.15, -0.1) is 0 Å². The zero-order valence-electron chi connectivity index (χ0n) is 17.7. The van der Waals surface area contributed by atoms with Gasteiger partial charge >= 0.3 is 6.03 Å². The zero-order chi connectivity index (χ0) is 23.1. The van der Waals surface area contributed by atoms with E-state index in [4.69, 9.17) is 4.74 Å². The summed E-state index contributed by atoms with van der Waals surface area (Å²) in [4.78, 5) is 39.7. The zero-order valence-corrected chi connectivity index (χ0v) is 18.5. The number of para-hydroxylation sites is 1. The number of amides is 3. The first kappa shape index (κ1) is 21.8. The largest absolute Gasteiger partial charge is 0.493 e. The van der Waals surface area contributed by atoms with Crippen molar-refractivity contribution in [2.75, 3.05) is 30.3 Å². The third-order valence-corrected chi connectivity index (χ3v) is 6.99. The number of rotatable bonds is 6. The third-order valence-electron chi connectivity index (χ3n) is 5.72. The lowest BCUT2D eigenvalue weighted by molar-refractivity contribution is -0.132. The van der Waals surface area contributed by atoms with Crippen molar-refractivity contribution in [1.82, 2.24) is 10.2 Å². The smallest absolute Gasteiger partial charge is 0.325 e. The molecule has 2 aliphatic rings. The van der Waals surface area contributed by atoms with E-state index in [2.05, 4.69) is 5.32 Å². The number of imide groups is 1. The number of hydrogen-bond acceptors (Lipinski definition) is 6. The highest BCUT2D eigenvalue weighted by Gasteiger charge is 2.55. The minimum Gasteiger partial charge on any atom is -0.493 e. The second kappa shape index (κ2) is 7.94. The van der Waals surface area contributed by atoms with Crippen LogP contribution in [0.15, 0.2) is 48.5 Å². The highest BCUT2D eigenvalue weighted by molar-refractivity contribution is 7.92. The molecule has 2 aromatic rings. The van der Waals surface area contributed by atoms with Crippen molar-refractivity contribution in [2.45, 2.75) is 18.9 Å². The van der Waals surface area contributed by atoms with Crippen molar-refractivity contribution in [1.29, 1.82) is 0 Å². The molecule has 168 valence electrons. The van der Waals surface area contributed by atoms with Gasteiger partial charge in [0.2, 0.25) is 10.0 Å². The summed E-state index contributed by atoms with van der Waals surface area (Å²) in [6.07, 6.45) is 1.38. The average molecular weight is 458 g/mol. The summed E-state index contributed by atoms with van der Waals surface area (Å²) in [5.41, 5.74) is 0.0311. The standard InChI is InChI=1S/C22H23N3O6S/c1-3-25(32(2,29)30)16-10-8-15(9-11-16)18(26)14-24-20(27)22(23-21(24)28)12-13-31-19-7-5-4-6-17(19)22/h4-11H,3,12-14H2,1-2H3,(H,23,28)/t22-/m0/s1. The van der Waals surface area contributed by atoms with Crippen LogP contribution in [0.25, 0.3) is 0 Å². The van der Waals surface area contributed by atoms with Gasteiger partial charge in [-0.05, 0) is 37.3 Å². The predicted octanol–water partition coefficient (Wildman–Crippen LogP) is 1.89. The molecule has 0 aromatic heterocycles. The normalized spacial score (nSPS) is 20.0. The van der Waals surface area contributed by atoms with Gasteiger partial charge < -0.3 is 10.1 Å². The van der Waals surface area contributed by atoms with Crippen LogP contribution >= 0.6 is 0 Å². The number of carbonyl (C=O) groups excluding carboxylic acids is 3. The number of anilines is 1. The summed E-state index contributed by atoms with van der Waals surface area (Å²) in [6, 6.07) is 12.4. The molecule has 1 N–H and O–H groups in total. The molecule has 32 heavy (non-hydrogen) atoms. The number of ether oxygens (including phenoxy) is 1. The molecule has 0 radical (unpaired) electrons. The molecule has 0 saturated carbocycles. The van der Waals surface area contributed by atoms with E-state index < -0.39 is 39.8 Å². The molecule has 0 bridgehead atoms. The van der Waals surface area contributed by atoms with Crippen molar-refractivity contribution < 1.29 is 27.5 Å². The summed E-state index contributed by atoms with van der Waals surface area (Å²) < 4.78 is 30.6. The highest BCUT2D eigenvalue weighted by atomic mass is 32.2. The quantitative estimate of drug-likeness (QED) is 0.524. The van der Waals surface area contributed by atoms with E-state index in [1.807, 2.05) is 0 Å². The second-order valence-electron chi connectivity index (χ2n) is 7.72. The summed E-state index contributed by atoms with van der Waals surface area (Å²) >= 11 is 0. The molecule has 10 heteroatoms. The van der Waals surface area contributed by atoms with Gasteiger partial charge in [0.05, 0.1) is 25.1 Å². The first-order chi connectivity index (χ1) is 15.2. The number of carbonyl (C=O) groups is 3. The Morgan fingerprint density at radius 1 is 1.16 bits per heavy atom. The number of fused-ring (bicyclic) bond motifs is 2. The number of Topliss-reactive ketones (excluding diaryl/α,β-unsaturated/α-hetero) is 1. The number of urea groups is 1. The van der Waals surface area contributed by atoms with Crippen molar-refractivity contribution >= 4 is 33.4 Å². The van der Waals surface area contributed by atoms with Crippen molar-refractivity contribution in [2.24, 2.45) is 0 Å². The minimum atomic E-state index is -3.44. The number of sulfonamides is 1. The molecule has 3 amide bonds. The Bertz CT molecular complexity index is 1190. The van der Waals surface area contributed by atoms with Crippen molar-refractivity contribution in [3.05, 3.63) is 59.7 Å². The molecule has 1 atom stereocenters. The van der Waals surface area contributed by atoms with E-state index in [0.717, 1.165) is 11.2 Å². The van der Waals surface area contributed by atoms with Gasteiger partial charge in [-0.2, -0.15) is 0 Å². The fourth-order valence-electron chi connectivity index (χ4n) is 4.17. The van der Waals surface area contributed by atoms with Crippen LogP contribution in [0.5, 0.6) is 5.75 Å². The maximum atomic E-state index is 13.3. The van der Waals surface area contributed by atoms with E-state index >= 15 is 0 Å². The Morgan fingerprint density at radius 2 is 1.84 bits per heavy atom. The molecule has 2 heterocycles. The predicted molar refractivity (Wildman–Crippen MR) is 117 cm³/mol. The second-order valence-corrected chi connectivity index (χ2v) is 9.63. The maximum absolute atomic E-state index is 13.3. The fraction of sp³-hybridized carbons (Fsp3) is 0.318. The van der Waals surface area contributed by atoms with E-state index in [1.54, 1.807) is 31.2 Å². The van der Waals surface area contributed by atoms with Gasteiger partial charge in [0.1, 0.15) is 5.75 Å². The molecule has 9 nitrogen and oxygen atoms in total. The molecule has 1 fully saturated rings. The monoisotopic (exact) mass is 457 g/mol. The molecular formula is C22H23N3O6S. The van der Waals surface area contributed by atoms with Crippen LogP contribution < -0.4 is 14.4 Å². The first-order valence-corrected chi connectivity index (χ1v) is 12.0. The molecule has 1 spiro atoms.